The fourth-order valence-corrected chi connectivity index (χ4v) is 4.60. The molecule has 134 valence electrons. The molecule has 1 unspecified atom stereocenters. The van der Waals surface area contributed by atoms with E-state index in [-0.39, 0.29) is 16.5 Å². The van der Waals surface area contributed by atoms with Crippen LogP contribution in [0.1, 0.15) is 42.7 Å². The fraction of sp³-hybridized carbons (Fsp3) is 0.217. The van der Waals surface area contributed by atoms with Gasteiger partial charge in [-0.25, -0.2) is 0 Å². The van der Waals surface area contributed by atoms with Crippen molar-refractivity contribution >= 4 is 22.1 Å². The van der Waals surface area contributed by atoms with Crippen molar-refractivity contribution in [2.24, 2.45) is 0 Å². The average molecular weight is 356 g/mol. The number of nitro groups is 1. The highest BCUT2D eigenvalue weighted by Gasteiger charge is 2.32. The van der Waals surface area contributed by atoms with Crippen LogP contribution in [0.2, 0.25) is 0 Å². The zero-order valence-electron chi connectivity index (χ0n) is 14.9. The summed E-state index contributed by atoms with van der Waals surface area (Å²) in [5.74, 6) is 0.156. The highest BCUT2D eigenvalue weighted by Crippen LogP contribution is 2.48. The Balaban J connectivity index is 1.75. The van der Waals surface area contributed by atoms with Crippen LogP contribution >= 0.6 is 0 Å². The Morgan fingerprint density at radius 2 is 1.70 bits per heavy atom. The highest BCUT2D eigenvalue weighted by molar-refractivity contribution is 5.93. The summed E-state index contributed by atoms with van der Waals surface area (Å²) in [7, 11) is 0. The molecule has 4 nitrogen and oxygen atoms in total. The van der Waals surface area contributed by atoms with Crippen LogP contribution in [0.3, 0.4) is 0 Å². The summed E-state index contributed by atoms with van der Waals surface area (Å²) >= 11 is 0. The van der Waals surface area contributed by atoms with E-state index in [1.807, 2.05) is 12.1 Å². The minimum atomic E-state index is -0.332. The quantitative estimate of drug-likeness (QED) is 0.443. The van der Waals surface area contributed by atoms with Gasteiger partial charge in [-0.3, -0.25) is 10.1 Å². The molecule has 1 aliphatic heterocycles. The molecule has 2 aliphatic rings. The van der Waals surface area contributed by atoms with Crippen LogP contribution in [-0.2, 0) is 0 Å². The number of anilines is 1. The average Bonchev–Trinajstić information content (AvgIpc) is 2.72. The van der Waals surface area contributed by atoms with Gasteiger partial charge in [-0.2, -0.15) is 0 Å². The van der Waals surface area contributed by atoms with Crippen molar-refractivity contribution in [1.82, 2.24) is 0 Å². The molecule has 4 heteroatoms. The third-order valence-electron chi connectivity index (χ3n) is 5.84. The molecule has 5 rings (SSSR count). The molecule has 0 spiro atoms. The summed E-state index contributed by atoms with van der Waals surface area (Å²) in [6.45, 7) is 0. The van der Waals surface area contributed by atoms with Crippen LogP contribution in [0.5, 0.6) is 0 Å². The second kappa shape index (κ2) is 6.23. The lowest BCUT2D eigenvalue weighted by molar-refractivity contribution is -0.384. The Labute approximate surface area is 157 Å². The molecular weight excluding hydrogens is 336 g/mol. The fourth-order valence-electron chi connectivity index (χ4n) is 4.60. The van der Waals surface area contributed by atoms with Gasteiger partial charge in [0.2, 0.25) is 0 Å². The molecule has 0 fully saturated rings. The minimum absolute atomic E-state index is 0.142. The summed E-state index contributed by atoms with van der Waals surface area (Å²) in [6.07, 6.45) is 4.56. The van der Waals surface area contributed by atoms with Gasteiger partial charge in [0.1, 0.15) is 0 Å². The van der Waals surface area contributed by atoms with E-state index in [1.54, 1.807) is 12.1 Å². The number of fused-ring (bicyclic) bond motifs is 3. The first kappa shape index (κ1) is 16.1. The van der Waals surface area contributed by atoms with Crippen LogP contribution in [0.15, 0.2) is 71.9 Å². The Hall–Kier alpha value is -3.14. The van der Waals surface area contributed by atoms with Crippen LogP contribution < -0.4 is 5.32 Å². The molecule has 1 atom stereocenters. The van der Waals surface area contributed by atoms with E-state index in [4.69, 9.17) is 0 Å². The van der Waals surface area contributed by atoms with Crippen LogP contribution in [-0.4, -0.2) is 4.92 Å². The smallest absolute Gasteiger partial charge is 0.269 e. The zero-order valence-corrected chi connectivity index (χ0v) is 14.9. The molecular formula is C23H20N2O2. The normalized spacial score (nSPS) is 18.6. The summed E-state index contributed by atoms with van der Waals surface area (Å²) in [4.78, 5) is 10.7. The summed E-state index contributed by atoms with van der Waals surface area (Å²) in [5, 5.41) is 17.2. The van der Waals surface area contributed by atoms with E-state index in [0.29, 0.717) is 0 Å². The lowest BCUT2D eigenvalue weighted by Crippen LogP contribution is -2.21. The standard InChI is InChI=1S/C23H20N2O2/c26-25(27)17-12-9-16(10-13-17)22-19-7-3-4-8-20(19)24-21-14-11-15-5-1-2-6-18(15)23(21)22/h1-2,5-6,9-14,22,24H,3-4,7-8H2. The van der Waals surface area contributed by atoms with Gasteiger partial charge in [0.05, 0.1) is 4.92 Å². The maximum absolute atomic E-state index is 11.1. The van der Waals surface area contributed by atoms with Gasteiger partial charge in [-0.1, -0.05) is 42.5 Å². The number of benzene rings is 3. The monoisotopic (exact) mass is 356 g/mol. The zero-order chi connectivity index (χ0) is 18.4. The Morgan fingerprint density at radius 1 is 0.926 bits per heavy atom. The summed E-state index contributed by atoms with van der Waals surface area (Å²) in [5.41, 5.74) is 6.52. The summed E-state index contributed by atoms with van der Waals surface area (Å²) < 4.78 is 0. The van der Waals surface area contributed by atoms with Crippen molar-refractivity contribution in [3.63, 3.8) is 0 Å². The van der Waals surface area contributed by atoms with Gasteiger partial charge in [0.25, 0.3) is 5.69 Å². The highest BCUT2D eigenvalue weighted by atomic mass is 16.6. The maximum Gasteiger partial charge on any atom is 0.269 e. The molecule has 3 aromatic carbocycles. The second-order valence-electron chi connectivity index (χ2n) is 7.37. The van der Waals surface area contributed by atoms with Crippen molar-refractivity contribution < 1.29 is 4.92 Å². The SMILES string of the molecule is O=[N+]([O-])c1ccc(C2C3=C(CCCC3)Nc3ccc4ccccc4c32)cc1. The molecule has 1 aliphatic carbocycles. The maximum atomic E-state index is 11.1. The molecule has 0 saturated carbocycles. The molecule has 3 aromatic rings. The predicted octanol–water partition coefficient (Wildman–Crippen LogP) is 6.13. The van der Waals surface area contributed by atoms with E-state index in [9.17, 15) is 10.1 Å². The lowest BCUT2D eigenvalue weighted by atomic mass is 9.74. The van der Waals surface area contributed by atoms with E-state index < -0.39 is 0 Å². The largest absolute Gasteiger partial charge is 0.359 e. The number of hydrogen-bond acceptors (Lipinski definition) is 3. The van der Waals surface area contributed by atoms with Gasteiger partial charge in [0.15, 0.2) is 0 Å². The number of allylic oxidation sites excluding steroid dienone is 2. The number of nitrogens with zero attached hydrogens (tertiary/aromatic N) is 1. The van der Waals surface area contributed by atoms with Gasteiger partial charge in [-0.05, 0) is 59.2 Å². The molecule has 0 aromatic heterocycles. The first-order valence-corrected chi connectivity index (χ1v) is 9.47. The van der Waals surface area contributed by atoms with Gasteiger partial charge in [0, 0.05) is 29.4 Å². The van der Waals surface area contributed by atoms with Gasteiger partial charge in [-0.15, -0.1) is 0 Å². The van der Waals surface area contributed by atoms with Crippen LogP contribution in [0.4, 0.5) is 11.4 Å². The molecule has 1 heterocycles. The second-order valence-corrected chi connectivity index (χ2v) is 7.37. The van der Waals surface area contributed by atoms with Crippen LogP contribution in [0, 0.1) is 10.1 Å². The first-order chi connectivity index (χ1) is 13.2. The molecule has 0 amide bonds. The van der Waals surface area contributed by atoms with Gasteiger partial charge >= 0.3 is 0 Å². The van der Waals surface area contributed by atoms with E-state index in [1.165, 1.54) is 40.4 Å². The Morgan fingerprint density at radius 3 is 2.52 bits per heavy atom. The third-order valence-corrected chi connectivity index (χ3v) is 5.84. The Kier molecular flexibility index (Phi) is 3.71. The molecule has 0 radical (unpaired) electrons. The van der Waals surface area contributed by atoms with Crippen molar-refractivity contribution in [3.8, 4) is 0 Å². The first-order valence-electron chi connectivity index (χ1n) is 9.47. The Bertz CT molecular complexity index is 1080. The number of nitro benzene ring substituents is 1. The summed E-state index contributed by atoms with van der Waals surface area (Å²) in [6, 6.07) is 19.9. The molecule has 0 saturated heterocycles. The van der Waals surface area contributed by atoms with Gasteiger partial charge < -0.3 is 5.32 Å². The number of rotatable bonds is 2. The predicted molar refractivity (Wildman–Crippen MR) is 108 cm³/mol. The molecule has 27 heavy (non-hydrogen) atoms. The van der Waals surface area contributed by atoms with E-state index in [0.717, 1.165) is 24.1 Å². The third kappa shape index (κ3) is 2.60. The lowest BCUT2D eigenvalue weighted by Gasteiger charge is -2.36. The van der Waals surface area contributed by atoms with Crippen LogP contribution in [0.25, 0.3) is 10.8 Å². The number of nitrogens with one attached hydrogen (secondary N) is 1. The molecule has 0 bridgehead atoms. The van der Waals surface area contributed by atoms with Crippen molar-refractivity contribution in [3.05, 3.63) is 93.2 Å². The molecule has 1 N–H and O–H groups in total. The van der Waals surface area contributed by atoms with Crippen molar-refractivity contribution in [2.75, 3.05) is 5.32 Å². The minimum Gasteiger partial charge on any atom is -0.359 e. The van der Waals surface area contributed by atoms with Crippen molar-refractivity contribution in [1.29, 1.82) is 0 Å². The van der Waals surface area contributed by atoms with Crippen molar-refractivity contribution in [2.45, 2.75) is 31.6 Å². The topological polar surface area (TPSA) is 55.2 Å². The van der Waals surface area contributed by atoms with E-state index in [2.05, 4.69) is 41.7 Å². The number of non-ortho nitro benzene ring substituents is 1. The number of hydrogen-bond donors (Lipinski definition) is 1. The van der Waals surface area contributed by atoms with E-state index >= 15 is 0 Å².